The number of allylic oxidation sites excluding steroid dienone is 2. The quantitative estimate of drug-likeness (QED) is 0.818. The van der Waals surface area contributed by atoms with Gasteiger partial charge in [-0.2, -0.15) is 0 Å². The van der Waals surface area contributed by atoms with Gasteiger partial charge in [0, 0.05) is 34.5 Å². The summed E-state index contributed by atoms with van der Waals surface area (Å²) in [6, 6.07) is 4.49. The van der Waals surface area contributed by atoms with Crippen molar-refractivity contribution >= 4 is 5.69 Å². The lowest BCUT2D eigenvalue weighted by Gasteiger charge is -2.20. The first-order valence-electron chi connectivity index (χ1n) is 5.92. The van der Waals surface area contributed by atoms with Crippen LogP contribution in [0.2, 0.25) is 0 Å². The lowest BCUT2D eigenvalue weighted by atomic mass is 10.1. The van der Waals surface area contributed by atoms with E-state index >= 15 is 0 Å². The predicted octanol–water partition coefficient (Wildman–Crippen LogP) is 2.89. The molecule has 0 bridgehead atoms. The van der Waals surface area contributed by atoms with Crippen LogP contribution in [0.3, 0.4) is 0 Å². The molecule has 0 spiro atoms. The fraction of sp³-hybridized carbons (Fsp3) is 0.357. The van der Waals surface area contributed by atoms with E-state index in [9.17, 15) is 0 Å². The zero-order valence-corrected chi connectivity index (χ0v) is 10.8. The maximum absolute atomic E-state index is 4.37. The first-order chi connectivity index (χ1) is 8.02. The molecule has 1 unspecified atom stereocenters. The van der Waals surface area contributed by atoms with Crippen LogP contribution in [0.25, 0.3) is 0 Å². The van der Waals surface area contributed by atoms with E-state index in [4.69, 9.17) is 0 Å². The zero-order valence-electron chi connectivity index (χ0n) is 10.8. The summed E-state index contributed by atoms with van der Waals surface area (Å²) < 4.78 is 0. The maximum Gasteiger partial charge on any atom is 0.0435 e. The highest BCUT2D eigenvalue weighted by molar-refractivity contribution is 5.53. The molecule has 1 aromatic rings. The van der Waals surface area contributed by atoms with Crippen LogP contribution in [0.4, 0.5) is 5.69 Å². The Morgan fingerprint density at radius 1 is 1.18 bits per heavy atom. The predicted molar refractivity (Wildman–Crippen MR) is 71.8 cm³/mol. The highest BCUT2D eigenvalue weighted by Gasteiger charge is 2.07. The Balaban J connectivity index is 2.21. The summed E-state index contributed by atoms with van der Waals surface area (Å²) in [5, 5.41) is 6.78. The summed E-state index contributed by atoms with van der Waals surface area (Å²) in [5.41, 5.74) is 5.50. The smallest absolute Gasteiger partial charge is 0.0435 e. The van der Waals surface area contributed by atoms with Gasteiger partial charge in [-0.1, -0.05) is 0 Å². The molecule has 17 heavy (non-hydrogen) atoms. The molecule has 0 saturated carbocycles. The number of hydrogen-bond donors (Lipinski definition) is 2. The van der Waals surface area contributed by atoms with E-state index in [1.165, 1.54) is 5.70 Å². The summed E-state index contributed by atoms with van der Waals surface area (Å²) in [6.07, 6.45) is 4.29. The number of pyridine rings is 1. The third-order valence-electron chi connectivity index (χ3n) is 2.63. The Morgan fingerprint density at radius 2 is 1.82 bits per heavy atom. The van der Waals surface area contributed by atoms with Gasteiger partial charge < -0.3 is 10.6 Å². The number of nitrogens with one attached hydrogen (secondary N) is 2. The van der Waals surface area contributed by atoms with Gasteiger partial charge >= 0.3 is 0 Å². The van der Waals surface area contributed by atoms with Crippen molar-refractivity contribution < 1.29 is 0 Å². The normalized spacial score (nSPS) is 19.2. The minimum Gasteiger partial charge on any atom is -0.383 e. The fourth-order valence-electron chi connectivity index (χ4n) is 2.14. The molecule has 3 nitrogen and oxygen atoms in total. The van der Waals surface area contributed by atoms with E-state index in [0.717, 1.165) is 22.8 Å². The Hall–Kier alpha value is -1.77. The molecule has 0 saturated heterocycles. The number of rotatable bonds is 2. The third kappa shape index (κ3) is 3.09. The zero-order chi connectivity index (χ0) is 12.4. The molecule has 0 aliphatic carbocycles. The van der Waals surface area contributed by atoms with Crippen LogP contribution < -0.4 is 10.6 Å². The van der Waals surface area contributed by atoms with Gasteiger partial charge in [0.1, 0.15) is 0 Å². The highest BCUT2D eigenvalue weighted by Crippen LogP contribution is 2.16. The molecular formula is C14H19N3. The molecule has 0 radical (unpaired) electrons. The number of aryl methyl sites for hydroxylation is 2. The van der Waals surface area contributed by atoms with E-state index in [1.54, 1.807) is 0 Å². The molecule has 1 atom stereocenters. The average molecular weight is 229 g/mol. The number of hydrogen-bond acceptors (Lipinski definition) is 3. The third-order valence-corrected chi connectivity index (χ3v) is 2.63. The molecule has 1 aromatic heterocycles. The molecule has 0 fully saturated rings. The van der Waals surface area contributed by atoms with Gasteiger partial charge in [0.15, 0.2) is 0 Å². The Labute approximate surface area is 103 Å². The molecule has 1 aliphatic rings. The van der Waals surface area contributed by atoms with Gasteiger partial charge in [-0.3, -0.25) is 4.98 Å². The fourth-order valence-corrected chi connectivity index (χ4v) is 2.14. The molecule has 0 aromatic carbocycles. The van der Waals surface area contributed by atoms with Gasteiger partial charge in [-0.15, -0.1) is 0 Å². The van der Waals surface area contributed by atoms with Crippen LogP contribution in [0.5, 0.6) is 0 Å². The van der Waals surface area contributed by atoms with Gasteiger partial charge in [0.05, 0.1) is 0 Å². The first-order valence-corrected chi connectivity index (χ1v) is 5.92. The van der Waals surface area contributed by atoms with Crippen LogP contribution in [0.1, 0.15) is 25.2 Å². The second kappa shape index (κ2) is 4.62. The van der Waals surface area contributed by atoms with Crippen molar-refractivity contribution in [2.24, 2.45) is 0 Å². The van der Waals surface area contributed by atoms with Gasteiger partial charge in [0.25, 0.3) is 0 Å². The molecular weight excluding hydrogens is 210 g/mol. The van der Waals surface area contributed by atoms with Gasteiger partial charge in [0.2, 0.25) is 0 Å². The van der Waals surface area contributed by atoms with Crippen molar-refractivity contribution in [3.63, 3.8) is 0 Å². The van der Waals surface area contributed by atoms with Crippen LogP contribution >= 0.6 is 0 Å². The standard InChI is InChI=1S/C14H19N3/c1-9-5-13(6-10(2)15-9)17-14-7-11(3)16-12(4)8-14/h5-9,15H,1-4H3,(H,16,17). The molecule has 3 heteroatoms. The van der Waals surface area contributed by atoms with E-state index in [0.29, 0.717) is 6.04 Å². The molecule has 2 rings (SSSR count). The molecule has 2 heterocycles. The largest absolute Gasteiger partial charge is 0.383 e. The Kier molecular flexibility index (Phi) is 3.18. The van der Waals surface area contributed by atoms with Crippen molar-refractivity contribution in [1.29, 1.82) is 0 Å². The molecule has 90 valence electrons. The second-order valence-corrected chi connectivity index (χ2v) is 4.65. The Bertz CT molecular complexity index is 466. The minimum absolute atomic E-state index is 0.367. The van der Waals surface area contributed by atoms with Crippen LogP contribution in [0.15, 0.2) is 35.7 Å². The monoisotopic (exact) mass is 229 g/mol. The molecule has 0 amide bonds. The second-order valence-electron chi connectivity index (χ2n) is 4.65. The van der Waals surface area contributed by atoms with Crippen molar-refractivity contribution in [3.05, 3.63) is 47.1 Å². The Morgan fingerprint density at radius 3 is 2.41 bits per heavy atom. The highest BCUT2D eigenvalue weighted by atomic mass is 15.0. The summed E-state index contributed by atoms with van der Waals surface area (Å²) in [6.45, 7) is 8.24. The van der Waals surface area contributed by atoms with Crippen molar-refractivity contribution in [3.8, 4) is 0 Å². The van der Waals surface area contributed by atoms with Crippen LogP contribution in [-0.2, 0) is 0 Å². The van der Waals surface area contributed by atoms with Crippen LogP contribution in [-0.4, -0.2) is 11.0 Å². The lowest BCUT2D eigenvalue weighted by molar-refractivity contribution is 0.712. The first kappa shape index (κ1) is 11.7. The summed E-state index contributed by atoms with van der Waals surface area (Å²) in [5.74, 6) is 0. The number of nitrogens with zero attached hydrogens (tertiary/aromatic N) is 1. The number of aromatic nitrogens is 1. The van der Waals surface area contributed by atoms with Crippen molar-refractivity contribution in [1.82, 2.24) is 10.3 Å². The average Bonchev–Trinajstić information content (AvgIpc) is 2.13. The van der Waals surface area contributed by atoms with Gasteiger partial charge in [-0.25, -0.2) is 0 Å². The summed E-state index contributed by atoms with van der Waals surface area (Å²) in [4.78, 5) is 4.37. The number of dihydropyridines is 1. The lowest BCUT2D eigenvalue weighted by Crippen LogP contribution is -2.26. The maximum atomic E-state index is 4.37. The van der Waals surface area contributed by atoms with Crippen molar-refractivity contribution in [2.75, 3.05) is 5.32 Å². The van der Waals surface area contributed by atoms with E-state index in [2.05, 4.69) is 53.7 Å². The van der Waals surface area contributed by atoms with Gasteiger partial charge in [-0.05, 0) is 52.0 Å². The van der Waals surface area contributed by atoms with E-state index in [1.807, 2.05) is 13.8 Å². The van der Waals surface area contributed by atoms with Crippen molar-refractivity contribution in [2.45, 2.75) is 33.7 Å². The summed E-state index contributed by atoms with van der Waals surface area (Å²) >= 11 is 0. The summed E-state index contributed by atoms with van der Waals surface area (Å²) in [7, 11) is 0. The molecule has 1 aliphatic heterocycles. The van der Waals surface area contributed by atoms with Crippen LogP contribution in [0, 0.1) is 13.8 Å². The molecule has 2 N–H and O–H groups in total. The SMILES string of the molecule is CC1=CC(Nc2cc(C)nc(C)c2)=CC(C)N1. The minimum atomic E-state index is 0.367. The van der Waals surface area contributed by atoms with E-state index in [-0.39, 0.29) is 0 Å². The van der Waals surface area contributed by atoms with E-state index < -0.39 is 0 Å². The number of anilines is 1. The topological polar surface area (TPSA) is 37.0 Å².